The van der Waals surface area contributed by atoms with Crippen LogP contribution < -0.4 is 0 Å². The van der Waals surface area contributed by atoms with Crippen molar-refractivity contribution in [2.75, 3.05) is 19.5 Å². The van der Waals surface area contributed by atoms with Crippen molar-refractivity contribution in [3.05, 3.63) is 34.9 Å². The monoisotopic (exact) mass is 313 g/mol. The Hall–Kier alpha value is -1.09. The highest BCUT2D eigenvalue weighted by Gasteiger charge is 2.71. The first-order valence-electron chi connectivity index (χ1n) is 6.30. The summed E-state index contributed by atoms with van der Waals surface area (Å²) in [7, 11) is -3.32. The van der Waals surface area contributed by atoms with Crippen LogP contribution in [0.5, 0.6) is 0 Å². The number of benzene rings is 1. The molecule has 0 spiro atoms. The third kappa shape index (κ3) is 2.56. The third-order valence-corrected chi connectivity index (χ3v) is 5.57. The summed E-state index contributed by atoms with van der Waals surface area (Å²) in [4.78, 5) is 0. The molecular weight excluding hydrogens is 298 g/mol. The van der Waals surface area contributed by atoms with Crippen LogP contribution in [0, 0.1) is 16.7 Å². The van der Waals surface area contributed by atoms with Crippen LogP contribution in [0.2, 0.25) is 5.02 Å². The molecule has 0 radical (unpaired) electrons. The number of nitriles is 1. The van der Waals surface area contributed by atoms with E-state index in [4.69, 9.17) is 16.3 Å². The molecular formula is C14H16ClNO3S. The Kier molecular flexibility index (Phi) is 4.10. The number of rotatable bonds is 5. The van der Waals surface area contributed by atoms with Crippen LogP contribution in [-0.2, 0) is 14.6 Å². The highest BCUT2D eigenvalue weighted by atomic mass is 35.5. The minimum Gasteiger partial charge on any atom is -0.380 e. The van der Waals surface area contributed by atoms with E-state index in [0.29, 0.717) is 11.6 Å². The molecule has 0 aromatic heterocycles. The van der Waals surface area contributed by atoms with Gasteiger partial charge in [0.1, 0.15) is 5.41 Å². The lowest BCUT2D eigenvalue weighted by Gasteiger charge is -2.08. The fourth-order valence-electron chi connectivity index (χ4n) is 2.78. The van der Waals surface area contributed by atoms with Crippen molar-refractivity contribution in [1.29, 1.82) is 5.26 Å². The van der Waals surface area contributed by atoms with Crippen LogP contribution in [0.3, 0.4) is 0 Å². The summed E-state index contributed by atoms with van der Waals surface area (Å²) in [6.07, 6.45) is 1.17. The average Bonchev–Trinajstić information content (AvgIpc) is 3.07. The Morgan fingerprint density at radius 1 is 1.40 bits per heavy atom. The van der Waals surface area contributed by atoms with Gasteiger partial charge in [0.2, 0.25) is 0 Å². The molecule has 1 fully saturated rings. The van der Waals surface area contributed by atoms with Gasteiger partial charge in [-0.15, -0.1) is 0 Å². The van der Waals surface area contributed by atoms with Gasteiger partial charge < -0.3 is 4.74 Å². The predicted molar refractivity (Wildman–Crippen MR) is 77.4 cm³/mol. The van der Waals surface area contributed by atoms with Crippen molar-refractivity contribution >= 4 is 21.4 Å². The van der Waals surface area contributed by atoms with Gasteiger partial charge >= 0.3 is 0 Å². The van der Waals surface area contributed by atoms with Gasteiger partial charge in [0.25, 0.3) is 0 Å². The van der Waals surface area contributed by atoms with Crippen molar-refractivity contribution < 1.29 is 13.2 Å². The second-order valence-electron chi connectivity index (χ2n) is 5.07. The highest BCUT2D eigenvalue weighted by molar-refractivity contribution is 7.91. The minimum absolute atomic E-state index is 0.130. The second-order valence-corrected chi connectivity index (χ2v) is 7.67. The molecule has 0 bridgehead atoms. The SMILES string of the molecule is CCOC[C@]1(C#N)[C@@H](c2ccc(Cl)cc2)[C@@H]1S(C)(=O)=O. The van der Waals surface area contributed by atoms with Gasteiger partial charge in [0.15, 0.2) is 9.84 Å². The van der Waals surface area contributed by atoms with E-state index in [0.717, 1.165) is 5.56 Å². The van der Waals surface area contributed by atoms with E-state index in [1.54, 1.807) is 24.3 Å². The van der Waals surface area contributed by atoms with Gasteiger partial charge in [-0.2, -0.15) is 5.26 Å². The summed E-state index contributed by atoms with van der Waals surface area (Å²) in [5.41, 5.74) is -0.177. The maximum Gasteiger partial charge on any atom is 0.152 e. The quantitative estimate of drug-likeness (QED) is 0.837. The van der Waals surface area contributed by atoms with E-state index in [9.17, 15) is 13.7 Å². The summed E-state index contributed by atoms with van der Waals surface area (Å²) >= 11 is 5.84. The molecule has 1 aliphatic rings. The standard InChI is InChI=1S/C14H16ClNO3S/c1-3-19-9-14(8-16)12(13(14)20(2,17)18)10-4-6-11(15)7-5-10/h4-7,12-13H,3,9H2,1-2H3/t12-,13-,14+/m0/s1. The molecule has 0 unspecified atom stereocenters. The van der Waals surface area contributed by atoms with E-state index >= 15 is 0 Å². The van der Waals surface area contributed by atoms with Crippen LogP contribution >= 0.6 is 11.6 Å². The Morgan fingerprint density at radius 3 is 2.45 bits per heavy atom. The van der Waals surface area contributed by atoms with Crippen molar-refractivity contribution in [1.82, 2.24) is 0 Å². The van der Waals surface area contributed by atoms with E-state index in [2.05, 4.69) is 6.07 Å². The number of ether oxygens (including phenoxy) is 1. The second kappa shape index (κ2) is 5.36. The summed E-state index contributed by atoms with van der Waals surface area (Å²) in [6.45, 7) is 2.40. The van der Waals surface area contributed by atoms with Gasteiger partial charge in [0, 0.05) is 23.8 Å². The van der Waals surface area contributed by atoms with Gasteiger partial charge in [-0.25, -0.2) is 8.42 Å². The van der Waals surface area contributed by atoms with Crippen LogP contribution in [0.25, 0.3) is 0 Å². The molecule has 108 valence electrons. The van der Waals surface area contributed by atoms with Crippen molar-refractivity contribution in [3.8, 4) is 6.07 Å². The predicted octanol–water partition coefficient (Wildman–Crippen LogP) is 2.40. The number of hydrogen-bond donors (Lipinski definition) is 0. The summed E-state index contributed by atoms with van der Waals surface area (Å²) in [5.74, 6) is -0.355. The molecule has 1 aromatic rings. The molecule has 1 saturated carbocycles. The minimum atomic E-state index is -3.32. The first-order valence-corrected chi connectivity index (χ1v) is 8.63. The molecule has 2 rings (SSSR count). The molecule has 4 nitrogen and oxygen atoms in total. The van der Waals surface area contributed by atoms with E-state index in [1.807, 2.05) is 6.92 Å². The molecule has 0 saturated heterocycles. The summed E-state index contributed by atoms with van der Waals surface area (Å²) < 4.78 is 29.2. The Balaban J connectivity index is 2.40. The average molecular weight is 314 g/mol. The molecule has 0 aliphatic heterocycles. The van der Waals surface area contributed by atoms with Crippen LogP contribution in [0.1, 0.15) is 18.4 Å². The zero-order chi connectivity index (χ0) is 15.0. The lowest BCUT2D eigenvalue weighted by molar-refractivity contribution is 0.117. The lowest BCUT2D eigenvalue weighted by Crippen LogP contribution is -2.18. The van der Waals surface area contributed by atoms with Crippen molar-refractivity contribution in [3.63, 3.8) is 0 Å². The fourth-order valence-corrected chi connectivity index (χ4v) is 4.76. The zero-order valence-electron chi connectivity index (χ0n) is 11.3. The Bertz CT molecular complexity index is 635. The lowest BCUT2D eigenvalue weighted by atomic mass is 10.0. The Labute approximate surface area is 124 Å². The van der Waals surface area contributed by atoms with Gasteiger partial charge in [-0.05, 0) is 24.6 Å². The van der Waals surface area contributed by atoms with Crippen LogP contribution in [0.15, 0.2) is 24.3 Å². The number of sulfone groups is 1. The molecule has 6 heteroatoms. The fraction of sp³-hybridized carbons (Fsp3) is 0.500. The normalized spacial score (nSPS) is 28.9. The third-order valence-electron chi connectivity index (χ3n) is 3.70. The van der Waals surface area contributed by atoms with Gasteiger partial charge in [-0.3, -0.25) is 0 Å². The summed E-state index contributed by atoms with van der Waals surface area (Å²) in [6, 6.07) is 9.13. The van der Waals surface area contributed by atoms with Crippen LogP contribution in [0.4, 0.5) is 0 Å². The Morgan fingerprint density at radius 2 is 2.00 bits per heavy atom. The number of halogens is 1. The highest BCUT2D eigenvalue weighted by Crippen LogP contribution is 2.62. The molecule has 20 heavy (non-hydrogen) atoms. The van der Waals surface area contributed by atoms with E-state index < -0.39 is 20.5 Å². The van der Waals surface area contributed by atoms with Crippen molar-refractivity contribution in [2.45, 2.75) is 18.1 Å². The van der Waals surface area contributed by atoms with Crippen LogP contribution in [-0.4, -0.2) is 33.1 Å². The van der Waals surface area contributed by atoms with E-state index in [-0.39, 0.29) is 12.5 Å². The van der Waals surface area contributed by atoms with Crippen molar-refractivity contribution in [2.24, 2.45) is 5.41 Å². The molecule has 3 atom stereocenters. The molecule has 0 heterocycles. The summed E-state index contributed by atoms with van der Waals surface area (Å²) in [5, 5.41) is 9.35. The van der Waals surface area contributed by atoms with E-state index in [1.165, 1.54) is 6.26 Å². The number of hydrogen-bond acceptors (Lipinski definition) is 4. The maximum absolute atomic E-state index is 11.9. The number of nitrogens with zero attached hydrogens (tertiary/aromatic N) is 1. The first-order chi connectivity index (χ1) is 9.36. The smallest absolute Gasteiger partial charge is 0.152 e. The maximum atomic E-state index is 11.9. The zero-order valence-corrected chi connectivity index (χ0v) is 12.9. The molecule has 1 aromatic carbocycles. The van der Waals surface area contributed by atoms with Gasteiger partial charge in [0.05, 0.1) is 17.9 Å². The molecule has 0 amide bonds. The first kappa shape index (κ1) is 15.3. The van der Waals surface area contributed by atoms with Gasteiger partial charge in [-0.1, -0.05) is 23.7 Å². The largest absolute Gasteiger partial charge is 0.380 e. The molecule has 1 aliphatic carbocycles. The topological polar surface area (TPSA) is 67.2 Å². The molecule has 0 N–H and O–H groups in total.